The molecule has 7 heteroatoms. The molecule has 3 heterocycles. The molecule has 4 rings (SSSR count). The zero-order valence-electron chi connectivity index (χ0n) is 13.2. The predicted molar refractivity (Wildman–Crippen MR) is 91.2 cm³/mol. The van der Waals surface area contributed by atoms with Gasteiger partial charge in [-0.2, -0.15) is 5.10 Å². The van der Waals surface area contributed by atoms with Gasteiger partial charge in [0.15, 0.2) is 0 Å². The third-order valence-electron chi connectivity index (χ3n) is 4.35. The van der Waals surface area contributed by atoms with Gasteiger partial charge in [-0.15, -0.1) is 0 Å². The molecule has 1 aliphatic heterocycles. The summed E-state index contributed by atoms with van der Waals surface area (Å²) in [4.78, 5) is 6.45. The van der Waals surface area contributed by atoms with Crippen LogP contribution in [0.4, 0.5) is 5.82 Å². The number of aromatic nitrogens is 3. The summed E-state index contributed by atoms with van der Waals surface area (Å²) in [5.74, 6) is 2.47. The highest BCUT2D eigenvalue weighted by Crippen LogP contribution is 2.44. The maximum absolute atomic E-state index is 5.81. The zero-order chi connectivity index (χ0) is 16.2. The molecule has 2 fully saturated rings. The molecule has 6 nitrogen and oxygen atoms in total. The zero-order valence-corrected chi connectivity index (χ0v) is 14.0. The molecular weight excluding hydrogens is 314 g/mol. The smallest absolute Gasteiger partial charge is 0.142 e. The van der Waals surface area contributed by atoms with E-state index in [0.29, 0.717) is 10.8 Å². The van der Waals surface area contributed by atoms with Gasteiger partial charge in [0.25, 0.3) is 0 Å². The number of hydrogen-bond donors (Lipinski definition) is 2. The van der Waals surface area contributed by atoms with Gasteiger partial charge in [0.1, 0.15) is 5.82 Å². The molecule has 0 aromatic carbocycles. The highest BCUT2D eigenvalue weighted by atomic mass is 35.5. The average Bonchev–Trinajstić information content (AvgIpc) is 2.97. The second-order valence-corrected chi connectivity index (χ2v) is 6.48. The summed E-state index contributed by atoms with van der Waals surface area (Å²) < 4.78 is 5.01. The molecule has 0 radical (unpaired) electrons. The number of piperidine rings is 1. The van der Waals surface area contributed by atoms with Crippen molar-refractivity contribution >= 4 is 17.4 Å². The number of methoxy groups -OCH3 is 1. The first-order chi connectivity index (χ1) is 11.2. The topological polar surface area (TPSA) is 80.1 Å². The minimum atomic E-state index is 0.338. The number of aromatic amines is 1. The molecule has 0 spiro atoms. The van der Waals surface area contributed by atoms with Crippen LogP contribution in [0.25, 0.3) is 11.3 Å². The van der Waals surface area contributed by atoms with E-state index in [-0.39, 0.29) is 0 Å². The van der Waals surface area contributed by atoms with Gasteiger partial charge < -0.3 is 15.4 Å². The van der Waals surface area contributed by atoms with Crippen molar-refractivity contribution in [3.63, 3.8) is 0 Å². The van der Waals surface area contributed by atoms with E-state index in [1.165, 1.54) is 19.5 Å². The van der Waals surface area contributed by atoms with E-state index < -0.39 is 0 Å². The van der Waals surface area contributed by atoms with Gasteiger partial charge in [0, 0.05) is 44.7 Å². The Morgan fingerprint density at radius 2 is 2.22 bits per heavy atom. The molecule has 1 saturated carbocycles. The Bertz CT molecular complexity index is 623. The third-order valence-corrected chi connectivity index (χ3v) is 4.65. The van der Waals surface area contributed by atoms with Gasteiger partial charge in [-0.1, -0.05) is 11.6 Å². The number of ether oxygens (including phenoxy) is 1. The van der Waals surface area contributed by atoms with E-state index in [2.05, 4.69) is 20.1 Å². The Kier molecular flexibility index (Phi) is 5.15. The summed E-state index contributed by atoms with van der Waals surface area (Å²) in [6.07, 6.45) is 4.82. The van der Waals surface area contributed by atoms with Gasteiger partial charge in [0.2, 0.25) is 0 Å². The van der Waals surface area contributed by atoms with E-state index in [1.54, 1.807) is 25.6 Å². The number of rotatable bonds is 4. The van der Waals surface area contributed by atoms with Gasteiger partial charge in [-0.3, -0.25) is 5.10 Å². The number of fused-ring (bicyclic) bond motifs is 1. The van der Waals surface area contributed by atoms with Crippen LogP contribution in [0.3, 0.4) is 0 Å². The summed E-state index contributed by atoms with van der Waals surface area (Å²) in [5.41, 5.74) is 7.21. The molecule has 1 aliphatic carbocycles. The highest BCUT2D eigenvalue weighted by Gasteiger charge is 2.44. The normalized spacial score (nSPS) is 22.3. The molecule has 2 unspecified atom stereocenters. The number of halogens is 1. The average molecular weight is 336 g/mol. The Morgan fingerprint density at radius 1 is 1.43 bits per heavy atom. The summed E-state index contributed by atoms with van der Waals surface area (Å²) in [5, 5.41) is 7.09. The van der Waals surface area contributed by atoms with Crippen LogP contribution in [0.2, 0.25) is 5.02 Å². The molecule has 1 saturated heterocycles. The van der Waals surface area contributed by atoms with Crippen LogP contribution in [-0.4, -0.2) is 53.4 Å². The van der Waals surface area contributed by atoms with E-state index in [0.717, 1.165) is 36.2 Å². The molecule has 23 heavy (non-hydrogen) atoms. The number of likely N-dealkylation sites (tertiary alicyclic amines) is 1. The van der Waals surface area contributed by atoms with Crippen molar-refractivity contribution in [2.75, 3.05) is 39.1 Å². The minimum Gasteiger partial charge on any atom is -0.383 e. The van der Waals surface area contributed by atoms with Gasteiger partial charge in [-0.25, -0.2) is 4.98 Å². The van der Waals surface area contributed by atoms with E-state index >= 15 is 0 Å². The number of nitrogen functional groups attached to an aromatic ring is 1. The number of H-pyrrole nitrogens is 1. The number of nitrogens with two attached hydrogens (primary N) is 1. The molecule has 2 atom stereocenters. The van der Waals surface area contributed by atoms with Crippen molar-refractivity contribution in [2.24, 2.45) is 11.8 Å². The number of nitrogens with zero attached hydrogens (tertiary/aromatic N) is 3. The Balaban J connectivity index is 0.000000140. The lowest BCUT2D eigenvalue weighted by molar-refractivity contribution is 0.155. The van der Waals surface area contributed by atoms with Crippen LogP contribution >= 0.6 is 11.6 Å². The van der Waals surface area contributed by atoms with Crippen LogP contribution in [0, 0.1) is 11.8 Å². The summed E-state index contributed by atoms with van der Waals surface area (Å²) in [7, 11) is 1.77. The standard InChI is InChI=1S/C8H7ClN4.C8H15NO/c9-6-3-5(4-11-8(6)10)7-1-2-12-13-7;1-10-3-2-9-5-7-4-8(7)6-9/h1-4H,(H2,10,11)(H,12,13);7-8H,2-6H2,1H3. The van der Waals surface area contributed by atoms with Crippen molar-refractivity contribution in [1.82, 2.24) is 20.1 Å². The quantitative estimate of drug-likeness (QED) is 0.896. The first kappa shape index (κ1) is 16.2. The molecule has 3 N–H and O–H groups in total. The van der Waals surface area contributed by atoms with Gasteiger partial charge in [0.05, 0.1) is 17.3 Å². The summed E-state index contributed by atoms with van der Waals surface area (Å²) >= 11 is 5.81. The number of nitrogens with one attached hydrogen (secondary N) is 1. The van der Waals surface area contributed by atoms with Crippen LogP contribution < -0.4 is 5.73 Å². The molecule has 2 aromatic rings. The maximum atomic E-state index is 5.81. The van der Waals surface area contributed by atoms with Gasteiger partial charge >= 0.3 is 0 Å². The van der Waals surface area contributed by atoms with E-state index in [4.69, 9.17) is 22.1 Å². The fourth-order valence-electron chi connectivity index (χ4n) is 2.91. The lowest BCUT2D eigenvalue weighted by Gasteiger charge is -2.15. The fourth-order valence-corrected chi connectivity index (χ4v) is 3.08. The molecular formula is C16H22ClN5O. The molecule has 0 bridgehead atoms. The van der Waals surface area contributed by atoms with Crippen molar-refractivity contribution in [3.8, 4) is 11.3 Å². The van der Waals surface area contributed by atoms with Crippen molar-refractivity contribution in [2.45, 2.75) is 6.42 Å². The van der Waals surface area contributed by atoms with Crippen molar-refractivity contribution < 1.29 is 4.74 Å². The van der Waals surface area contributed by atoms with Crippen LogP contribution in [0.5, 0.6) is 0 Å². The Hall–Kier alpha value is -1.63. The molecule has 124 valence electrons. The Morgan fingerprint density at radius 3 is 2.83 bits per heavy atom. The number of pyridine rings is 1. The fraction of sp³-hybridized carbons (Fsp3) is 0.500. The SMILES string of the molecule is COCCN1CC2CC2C1.Nc1ncc(-c2ccn[nH]2)cc1Cl. The van der Waals surface area contributed by atoms with Crippen molar-refractivity contribution in [3.05, 3.63) is 29.5 Å². The molecule has 2 aromatic heterocycles. The molecule has 2 aliphatic rings. The third kappa shape index (κ3) is 4.22. The second kappa shape index (κ2) is 7.29. The number of anilines is 1. The van der Waals surface area contributed by atoms with Crippen LogP contribution in [0.15, 0.2) is 24.5 Å². The summed E-state index contributed by atoms with van der Waals surface area (Å²) in [6.45, 7) is 4.73. The lowest BCUT2D eigenvalue weighted by atomic mass is 10.2. The second-order valence-electron chi connectivity index (χ2n) is 6.07. The number of hydrogen-bond acceptors (Lipinski definition) is 5. The van der Waals surface area contributed by atoms with E-state index in [1.807, 2.05) is 6.07 Å². The predicted octanol–water partition coefficient (Wildman–Crippen LogP) is 2.29. The summed E-state index contributed by atoms with van der Waals surface area (Å²) in [6, 6.07) is 3.58. The van der Waals surface area contributed by atoms with Crippen LogP contribution in [0.1, 0.15) is 6.42 Å². The monoisotopic (exact) mass is 335 g/mol. The lowest BCUT2D eigenvalue weighted by Crippen LogP contribution is -2.26. The Labute approximate surface area is 141 Å². The first-order valence-corrected chi connectivity index (χ1v) is 8.17. The maximum Gasteiger partial charge on any atom is 0.142 e. The minimum absolute atomic E-state index is 0.338. The largest absolute Gasteiger partial charge is 0.383 e. The molecule has 0 amide bonds. The van der Waals surface area contributed by atoms with Crippen LogP contribution in [-0.2, 0) is 4.74 Å². The van der Waals surface area contributed by atoms with E-state index in [9.17, 15) is 0 Å². The van der Waals surface area contributed by atoms with Crippen molar-refractivity contribution in [1.29, 1.82) is 0 Å². The first-order valence-electron chi connectivity index (χ1n) is 7.79. The highest BCUT2D eigenvalue weighted by molar-refractivity contribution is 6.33. The van der Waals surface area contributed by atoms with Gasteiger partial charge in [-0.05, 0) is 30.4 Å².